The number of carbonyl (C=O) groups is 1. The summed E-state index contributed by atoms with van der Waals surface area (Å²) in [6.07, 6.45) is 1.50. The molecule has 2 nitrogen and oxygen atoms in total. The summed E-state index contributed by atoms with van der Waals surface area (Å²) in [7, 11) is 0. The minimum atomic E-state index is -0.427. The molecule has 0 aliphatic carbocycles. The molecule has 0 bridgehead atoms. The Labute approximate surface area is 116 Å². The van der Waals surface area contributed by atoms with Gasteiger partial charge in [0.05, 0.1) is 0 Å². The van der Waals surface area contributed by atoms with E-state index in [1.165, 1.54) is 30.3 Å². The fourth-order valence-corrected chi connectivity index (χ4v) is 1.88. The third-order valence-electron chi connectivity index (χ3n) is 2.93. The van der Waals surface area contributed by atoms with Crippen LogP contribution < -0.4 is 5.32 Å². The van der Waals surface area contributed by atoms with Crippen molar-refractivity contribution >= 4 is 5.91 Å². The van der Waals surface area contributed by atoms with Gasteiger partial charge < -0.3 is 5.32 Å². The number of carbonyl (C=O) groups excluding carboxylic acids is 1. The van der Waals surface area contributed by atoms with Gasteiger partial charge in [0, 0.05) is 12.1 Å². The molecule has 0 aliphatic heterocycles. The summed E-state index contributed by atoms with van der Waals surface area (Å²) in [5.41, 5.74) is 1.33. The molecular formula is C16H15F2NO. The van der Waals surface area contributed by atoms with Gasteiger partial charge in [0.1, 0.15) is 11.6 Å². The van der Waals surface area contributed by atoms with E-state index in [2.05, 4.69) is 5.32 Å². The molecule has 1 amide bonds. The number of benzene rings is 2. The standard InChI is InChI=1S/C16H15F2NO/c17-14-8-6-12(7-9-14)3-2-10-19-16(20)13-4-1-5-15(18)11-13/h1,4-9,11H,2-3,10H2,(H,19,20). The van der Waals surface area contributed by atoms with Gasteiger partial charge in [-0.15, -0.1) is 0 Å². The summed E-state index contributed by atoms with van der Waals surface area (Å²) in [6.45, 7) is 0.493. The van der Waals surface area contributed by atoms with Gasteiger partial charge in [0.2, 0.25) is 0 Å². The third kappa shape index (κ3) is 4.16. The highest BCUT2D eigenvalue weighted by atomic mass is 19.1. The van der Waals surface area contributed by atoms with E-state index in [9.17, 15) is 13.6 Å². The first kappa shape index (κ1) is 14.2. The molecule has 0 saturated heterocycles. The largest absolute Gasteiger partial charge is 0.352 e. The van der Waals surface area contributed by atoms with Gasteiger partial charge in [-0.2, -0.15) is 0 Å². The number of amides is 1. The second kappa shape index (κ2) is 6.80. The Kier molecular flexibility index (Phi) is 4.82. The van der Waals surface area contributed by atoms with Crippen LogP contribution in [0.5, 0.6) is 0 Å². The lowest BCUT2D eigenvalue weighted by Crippen LogP contribution is -2.24. The van der Waals surface area contributed by atoms with Gasteiger partial charge in [0.25, 0.3) is 5.91 Å². The molecule has 0 fully saturated rings. The normalized spacial score (nSPS) is 10.3. The summed E-state index contributed by atoms with van der Waals surface area (Å²) in [6, 6.07) is 11.9. The first-order valence-corrected chi connectivity index (χ1v) is 6.43. The van der Waals surface area contributed by atoms with E-state index < -0.39 is 5.82 Å². The first-order valence-electron chi connectivity index (χ1n) is 6.43. The Hall–Kier alpha value is -2.23. The third-order valence-corrected chi connectivity index (χ3v) is 2.93. The number of halogens is 2. The zero-order valence-corrected chi connectivity index (χ0v) is 10.9. The van der Waals surface area contributed by atoms with E-state index in [1.54, 1.807) is 18.2 Å². The molecule has 104 valence electrons. The highest BCUT2D eigenvalue weighted by Gasteiger charge is 2.05. The number of nitrogens with one attached hydrogen (secondary N) is 1. The predicted molar refractivity (Wildman–Crippen MR) is 73.5 cm³/mol. The first-order chi connectivity index (χ1) is 9.65. The quantitative estimate of drug-likeness (QED) is 0.833. The van der Waals surface area contributed by atoms with E-state index >= 15 is 0 Å². The second-order valence-electron chi connectivity index (χ2n) is 4.50. The lowest BCUT2D eigenvalue weighted by atomic mass is 10.1. The molecule has 0 saturated carbocycles. The van der Waals surface area contributed by atoms with Crippen molar-refractivity contribution in [3.63, 3.8) is 0 Å². The van der Waals surface area contributed by atoms with Crippen LogP contribution in [-0.2, 0) is 6.42 Å². The van der Waals surface area contributed by atoms with Crippen LogP contribution in [-0.4, -0.2) is 12.5 Å². The number of aryl methyl sites for hydroxylation is 1. The molecular weight excluding hydrogens is 260 g/mol. The van der Waals surface area contributed by atoms with Crippen molar-refractivity contribution in [2.24, 2.45) is 0 Å². The fraction of sp³-hybridized carbons (Fsp3) is 0.188. The molecule has 0 spiro atoms. The van der Waals surface area contributed by atoms with Gasteiger partial charge in [0.15, 0.2) is 0 Å². The van der Waals surface area contributed by atoms with Crippen molar-refractivity contribution in [3.8, 4) is 0 Å². The van der Waals surface area contributed by atoms with Crippen molar-refractivity contribution in [2.45, 2.75) is 12.8 Å². The maximum Gasteiger partial charge on any atom is 0.251 e. The molecule has 0 aliphatic rings. The molecule has 2 rings (SSSR count). The minimum absolute atomic E-state index is 0.256. The zero-order valence-electron chi connectivity index (χ0n) is 10.9. The predicted octanol–water partition coefficient (Wildman–Crippen LogP) is 3.33. The van der Waals surface area contributed by atoms with E-state index in [4.69, 9.17) is 0 Å². The molecule has 0 aromatic heterocycles. The maximum atomic E-state index is 13.0. The van der Waals surface area contributed by atoms with E-state index in [1.807, 2.05) is 0 Å². The summed E-state index contributed by atoms with van der Waals surface area (Å²) >= 11 is 0. The molecule has 0 unspecified atom stereocenters. The summed E-state index contributed by atoms with van der Waals surface area (Å²) in [4.78, 5) is 11.7. The smallest absolute Gasteiger partial charge is 0.251 e. The zero-order chi connectivity index (χ0) is 14.4. The molecule has 2 aromatic carbocycles. The average molecular weight is 275 g/mol. The second-order valence-corrected chi connectivity index (χ2v) is 4.50. The van der Waals surface area contributed by atoms with Crippen LogP contribution >= 0.6 is 0 Å². The molecule has 20 heavy (non-hydrogen) atoms. The Morgan fingerprint density at radius 2 is 1.75 bits per heavy atom. The van der Waals surface area contributed by atoms with E-state index in [-0.39, 0.29) is 11.7 Å². The van der Waals surface area contributed by atoms with E-state index in [0.717, 1.165) is 18.4 Å². The molecule has 4 heteroatoms. The van der Waals surface area contributed by atoms with Crippen LogP contribution in [0.2, 0.25) is 0 Å². The van der Waals surface area contributed by atoms with Crippen molar-refractivity contribution in [2.75, 3.05) is 6.54 Å². The van der Waals surface area contributed by atoms with Crippen LogP contribution in [0.15, 0.2) is 48.5 Å². The Balaban J connectivity index is 1.76. The number of hydrogen-bond acceptors (Lipinski definition) is 1. The lowest BCUT2D eigenvalue weighted by Gasteiger charge is -2.05. The summed E-state index contributed by atoms with van der Waals surface area (Å²) in [5.74, 6) is -0.972. The van der Waals surface area contributed by atoms with Gasteiger partial charge in [-0.25, -0.2) is 8.78 Å². The Morgan fingerprint density at radius 3 is 2.45 bits per heavy atom. The SMILES string of the molecule is O=C(NCCCc1ccc(F)cc1)c1cccc(F)c1. The van der Waals surface area contributed by atoms with Crippen molar-refractivity contribution in [3.05, 3.63) is 71.3 Å². The van der Waals surface area contributed by atoms with Gasteiger partial charge in [-0.05, 0) is 48.7 Å². The van der Waals surface area contributed by atoms with Crippen molar-refractivity contribution in [1.29, 1.82) is 0 Å². The van der Waals surface area contributed by atoms with Gasteiger partial charge in [-0.3, -0.25) is 4.79 Å². The number of hydrogen-bond donors (Lipinski definition) is 1. The topological polar surface area (TPSA) is 29.1 Å². The molecule has 0 atom stereocenters. The Morgan fingerprint density at radius 1 is 1.00 bits per heavy atom. The fourth-order valence-electron chi connectivity index (χ4n) is 1.88. The van der Waals surface area contributed by atoms with Crippen LogP contribution in [0.4, 0.5) is 8.78 Å². The minimum Gasteiger partial charge on any atom is -0.352 e. The highest BCUT2D eigenvalue weighted by Crippen LogP contribution is 2.06. The monoisotopic (exact) mass is 275 g/mol. The van der Waals surface area contributed by atoms with Crippen molar-refractivity contribution < 1.29 is 13.6 Å². The molecule has 0 radical (unpaired) electrons. The average Bonchev–Trinajstić information content (AvgIpc) is 2.45. The van der Waals surface area contributed by atoms with Gasteiger partial charge in [-0.1, -0.05) is 18.2 Å². The van der Waals surface area contributed by atoms with Crippen molar-refractivity contribution in [1.82, 2.24) is 5.32 Å². The highest BCUT2D eigenvalue weighted by molar-refractivity contribution is 5.94. The van der Waals surface area contributed by atoms with E-state index in [0.29, 0.717) is 12.1 Å². The number of rotatable bonds is 5. The summed E-state index contributed by atoms with van der Waals surface area (Å²) < 4.78 is 25.7. The molecule has 2 aromatic rings. The molecule has 1 N–H and O–H groups in total. The van der Waals surface area contributed by atoms with Crippen LogP contribution in [0.3, 0.4) is 0 Å². The van der Waals surface area contributed by atoms with Gasteiger partial charge >= 0.3 is 0 Å². The maximum absolute atomic E-state index is 13.0. The van der Waals surface area contributed by atoms with Crippen LogP contribution in [0, 0.1) is 11.6 Å². The Bertz CT molecular complexity index is 581. The lowest BCUT2D eigenvalue weighted by molar-refractivity contribution is 0.0953. The van der Waals surface area contributed by atoms with Crippen LogP contribution in [0.25, 0.3) is 0 Å². The molecule has 0 heterocycles. The summed E-state index contributed by atoms with van der Waals surface area (Å²) in [5, 5.41) is 2.73. The van der Waals surface area contributed by atoms with Crippen LogP contribution in [0.1, 0.15) is 22.3 Å².